The van der Waals surface area contributed by atoms with Gasteiger partial charge in [0, 0.05) is 31.5 Å². The van der Waals surface area contributed by atoms with Crippen molar-refractivity contribution in [2.24, 2.45) is 0 Å². The molecule has 2 aromatic carbocycles. The van der Waals surface area contributed by atoms with Crippen LogP contribution in [0.4, 0.5) is 11.6 Å². The second kappa shape index (κ2) is 7.58. The third kappa shape index (κ3) is 3.53. The van der Waals surface area contributed by atoms with Crippen molar-refractivity contribution >= 4 is 17.5 Å². The predicted molar refractivity (Wildman–Crippen MR) is 107 cm³/mol. The Bertz CT molecular complexity index is 942. The molecule has 0 aliphatic carbocycles. The molecule has 1 aliphatic heterocycles. The van der Waals surface area contributed by atoms with Gasteiger partial charge in [-0.3, -0.25) is 4.79 Å². The molecule has 1 aromatic heterocycles. The lowest BCUT2D eigenvalue weighted by Crippen LogP contribution is -2.34. The molecule has 5 nitrogen and oxygen atoms in total. The molecule has 1 amide bonds. The van der Waals surface area contributed by atoms with E-state index in [-0.39, 0.29) is 5.91 Å². The first kappa shape index (κ1) is 17.2. The van der Waals surface area contributed by atoms with E-state index in [1.54, 1.807) is 17.2 Å². The molecule has 0 saturated heterocycles. The first-order valence-electron chi connectivity index (χ1n) is 9.28. The highest BCUT2D eigenvalue weighted by atomic mass is 16.2. The number of amides is 1. The summed E-state index contributed by atoms with van der Waals surface area (Å²) in [5.74, 6) is 0.504. The third-order valence-electron chi connectivity index (χ3n) is 4.90. The molecule has 1 aliphatic rings. The van der Waals surface area contributed by atoms with Crippen LogP contribution in [0.25, 0.3) is 0 Å². The van der Waals surface area contributed by atoms with Crippen molar-refractivity contribution in [1.29, 1.82) is 0 Å². The van der Waals surface area contributed by atoms with Gasteiger partial charge in [-0.2, -0.15) is 0 Å². The van der Waals surface area contributed by atoms with Crippen molar-refractivity contribution in [3.8, 4) is 0 Å². The van der Waals surface area contributed by atoms with Crippen LogP contribution >= 0.6 is 0 Å². The quantitative estimate of drug-likeness (QED) is 0.713. The van der Waals surface area contributed by atoms with Gasteiger partial charge in [0.15, 0.2) is 0 Å². The molecule has 0 spiro atoms. The summed E-state index contributed by atoms with van der Waals surface area (Å²) in [6, 6.07) is 19.8. The van der Waals surface area contributed by atoms with Gasteiger partial charge in [-0.1, -0.05) is 42.5 Å². The Hall–Kier alpha value is -3.21. The van der Waals surface area contributed by atoms with E-state index in [1.807, 2.05) is 37.3 Å². The maximum absolute atomic E-state index is 13.0. The third-order valence-corrected chi connectivity index (χ3v) is 4.90. The summed E-state index contributed by atoms with van der Waals surface area (Å²) in [5, 5.41) is 0. The minimum absolute atomic E-state index is 0.107. The Morgan fingerprint density at radius 3 is 2.56 bits per heavy atom. The Kier molecular flexibility index (Phi) is 4.83. The number of carbonyl (C=O) groups is 1. The van der Waals surface area contributed by atoms with Crippen molar-refractivity contribution in [2.75, 3.05) is 22.9 Å². The number of fused-ring (bicyclic) bond motifs is 1. The van der Waals surface area contributed by atoms with Gasteiger partial charge in [-0.25, -0.2) is 9.97 Å². The summed E-state index contributed by atoms with van der Waals surface area (Å²) in [7, 11) is 0. The molecule has 0 unspecified atom stereocenters. The van der Waals surface area contributed by atoms with Gasteiger partial charge in [-0.15, -0.1) is 0 Å². The second-order valence-corrected chi connectivity index (χ2v) is 6.57. The van der Waals surface area contributed by atoms with Crippen LogP contribution in [0, 0.1) is 0 Å². The van der Waals surface area contributed by atoms with Crippen LogP contribution in [-0.2, 0) is 13.0 Å². The molecule has 0 bridgehead atoms. The fourth-order valence-corrected chi connectivity index (χ4v) is 3.48. The van der Waals surface area contributed by atoms with E-state index in [2.05, 4.69) is 39.1 Å². The van der Waals surface area contributed by atoms with Crippen molar-refractivity contribution in [2.45, 2.75) is 19.9 Å². The number of anilines is 2. The second-order valence-electron chi connectivity index (χ2n) is 6.57. The summed E-state index contributed by atoms with van der Waals surface area (Å²) in [4.78, 5) is 25.9. The highest BCUT2D eigenvalue weighted by molar-refractivity contribution is 6.04. The van der Waals surface area contributed by atoms with Crippen molar-refractivity contribution in [1.82, 2.24) is 9.97 Å². The molecule has 0 N–H and O–H groups in total. The Balaban J connectivity index is 1.58. The van der Waals surface area contributed by atoms with Crippen LogP contribution in [0.3, 0.4) is 0 Å². The van der Waals surface area contributed by atoms with Crippen LogP contribution in [-0.4, -0.2) is 29.0 Å². The average Bonchev–Trinajstić information content (AvgIpc) is 2.75. The summed E-state index contributed by atoms with van der Waals surface area (Å²) < 4.78 is 0. The van der Waals surface area contributed by atoms with E-state index in [4.69, 9.17) is 0 Å². The molecule has 4 rings (SSSR count). The predicted octanol–water partition coefficient (Wildman–Crippen LogP) is 3.71. The smallest absolute Gasteiger partial charge is 0.277 e. The molecule has 0 fully saturated rings. The van der Waals surface area contributed by atoms with Gasteiger partial charge in [0.2, 0.25) is 5.95 Å². The van der Waals surface area contributed by atoms with E-state index >= 15 is 0 Å². The highest BCUT2D eigenvalue weighted by Crippen LogP contribution is 2.22. The summed E-state index contributed by atoms with van der Waals surface area (Å²) in [6.07, 6.45) is 2.64. The lowest BCUT2D eigenvalue weighted by Gasteiger charge is -2.29. The van der Waals surface area contributed by atoms with Gasteiger partial charge >= 0.3 is 0 Å². The average molecular weight is 358 g/mol. The molecule has 0 saturated carbocycles. The van der Waals surface area contributed by atoms with Crippen LogP contribution < -0.4 is 9.80 Å². The first-order chi connectivity index (χ1) is 13.3. The van der Waals surface area contributed by atoms with Gasteiger partial charge in [0.25, 0.3) is 5.91 Å². The fraction of sp³-hybridized carbons (Fsp3) is 0.227. The molecule has 27 heavy (non-hydrogen) atoms. The minimum Gasteiger partial charge on any atom is -0.336 e. The van der Waals surface area contributed by atoms with Crippen molar-refractivity contribution < 1.29 is 4.79 Å². The zero-order chi connectivity index (χ0) is 18.6. The molecule has 0 atom stereocenters. The zero-order valence-corrected chi connectivity index (χ0v) is 15.4. The Labute approximate surface area is 159 Å². The number of benzene rings is 2. The van der Waals surface area contributed by atoms with Crippen molar-refractivity contribution in [3.05, 3.63) is 83.7 Å². The monoisotopic (exact) mass is 358 g/mol. The number of nitrogens with zero attached hydrogens (tertiary/aromatic N) is 4. The topological polar surface area (TPSA) is 49.3 Å². The maximum atomic E-state index is 13.0. The lowest BCUT2D eigenvalue weighted by atomic mass is 10.0. The van der Waals surface area contributed by atoms with Gasteiger partial charge in [-0.05, 0) is 42.7 Å². The van der Waals surface area contributed by atoms with Gasteiger partial charge < -0.3 is 9.80 Å². The summed E-state index contributed by atoms with van der Waals surface area (Å²) >= 11 is 0. The number of carbonyl (C=O) groups excluding carboxylic acids is 1. The fourth-order valence-electron chi connectivity index (χ4n) is 3.48. The summed E-state index contributed by atoms with van der Waals surface area (Å²) in [6.45, 7) is 4.17. The molecule has 0 radical (unpaired) electrons. The van der Waals surface area contributed by atoms with Crippen molar-refractivity contribution in [3.63, 3.8) is 0 Å². The number of hydrogen-bond donors (Lipinski definition) is 0. The number of aromatic nitrogens is 2. The van der Waals surface area contributed by atoms with E-state index < -0.39 is 0 Å². The van der Waals surface area contributed by atoms with Crippen LogP contribution in [0.5, 0.6) is 0 Å². The molecule has 5 heteroatoms. The highest BCUT2D eigenvalue weighted by Gasteiger charge is 2.21. The lowest BCUT2D eigenvalue weighted by molar-refractivity contribution is 0.0983. The van der Waals surface area contributed by atoms with E-state index in [0.717, 1.165) is 25.2 Å². The van der Waals surface area contributed by atoms with Gasteiger partial charge in [0.1, 0.15) is 5.69 Å². The van der Waals surface area contributed by atoms with Crippen LogP contribution in [0.2, 0.25) is 0 Å². The van der Waals surface area contributed by atoms with Crippen LogP contribution in [0.15, 0.2) is 66.9 Å². The Morgan fingerprint density at radius 2 is 1.78 bits per heavy atom. The first-order valence-corrected chi connectivity index (χ1v) is 9.28. The number of hydrogen-bond acceptors (Lipinski definition) is 4. The molecular weight excluding hydrogens is 336 g/mol. The Morgan fingerprint density at radius 1 is 1.04 bits per heavy atom. The standard InChI is InChI=1S/C22H22N4O/c1-2-26(19-10-4-3-5-11-19)21(27)20-12-14-23-22(24-20)25-15-13-17-8-6-7-9-18(17)16-25/h3-12,14H,2,13,15-16H2,1H3. The van der Waals surface area contributed by atoms with Gasteiger partial charge in [0.05, 0.1) is 0 Å². The molecular formula is C22H22N4O. The molecule has 3 aromatic rings. The normalized spacial score (nSPS) is 13.1. The van der Waals surface area contributed by atoms with E-state index in [0.29, 0.717) is 18.2 Å². The summed E-state index contributed by atoms with van der Waals surface area (Å²) in [5.41, 5.74) is 3.97. The number of para-hydroxylation sites is 1. The van der Waals surface area contributed by atoms with E-state index in [9.17, 15) is 4.79 Å². The largest absolute Gasteiger partial charge is 0.336 e. The minimum atomic E-state index is -0.107. The van der Waals surface area contributed by atoms with E-state index in [1.165, 1.54) is 11.1 Å². The SMILES string of the molecule is CCN(C(=O)c1ccnc(N2CCc3ccccc3C2)n1)c1ccccc1. The molecule has 136 valence electrons. The zero-order valence-electron chi connectivity index (χ0n) is 15.4. The van der Waals surface area contributed by atoms with Crippen LogP contribution in [0.1, 0.15) is 28.5 Å². The molecule has 2 heterocycles. The maximum Gasteiger partial charge on any atom is 0.277 e. The number of rotatable bonds is 4.